The summed E-state index contributed by atoms with van der Waals surface area (Å²) in [5.41, 5.74) is 1.70. The average Bonchev–Trinajstić information content (AvgIpc) is 3.46. The molecule has 0 aliphatic carbocycles. The Hall–Kier alpha value is -3.13. The molecule has 12 nitrogen and oxygen atoms in total. The molecule has 5 heterocycles. The topological polar surface area (TPSA) is 132 Å². The highest BCUT2D eigenvalue weighted by atomic mass is 32.2. The highest BCUT2D eigenvalue weighted by molar-refractivity contribution is 7.72. The minimum absolute atomic E-state index is 0.0853. The number of fused-ring (bicyclic) bond motifs is 2. The molecule has 4 aromatic rings. The molecule has 0 radical (unpaired) electrons. The van der Waals surface area contributed by atoms with Crippen LogP contribution in [0.5, 0.6) is 0 Å². The van der Waals surface area contributed by atoms with Crippen molar-refractivity contribution >= 4 is 38.7 Å². The lowest BCUT2D eigenvalue weighted by molar-refractivity contribution is -0.0386. The van der Waals surface area contributed by atoms with Gasteiger partial charge < -0.3 is 19.3 Å². The summed E-state index contributed by atoms with van der Waals surface area (Å²) in [5.74, 6) is 2.42. The molecular formula is C25H32N8O4S. The van der Waals surface area contributed by atoms with E-state index >= 15 is 0 Å². The fourth-order valence-corrected chi connectivity index (χ4v) is 6.24. The molecule has 202 valence electrons. The summed E-state index contributed by atoms with van der Waals surface area (Å²) in [6, 6.07) is 7.93. The summed E-state index contributed by atoms with van der Waals surface area (Å²) in [4.78, 5) is 23.7. The Balaban J connectivity index is 1.54. The first-order valence-corrected chi connectivity index (χ1v) is 14.3. The van der Waals surface area contributed by atoms with E-state index in [-0.39, 0.29) is 12.4 Å². The Morgan fingerprint density at radius 2 is 1.87 bits per heavy atom. The lowest BCUT2D eigenvalue weighted by atomic mass is 9.92. The molecule has 2 saturated heterocycles. The molecule has 2 fully saturated rings. The Kier molecular flexibility index (Phi) is 6.54. The predicted octanol–water partition coefficient (Wildman–Crippen LogP) is 0.953. The molecule has 0 saturated carbocycles. The van der Waals surface area contributed by atoms with Crippen molar-refractivity contribution in [2.24, 2.45) is 7.05 Å². The number of aryl methyl sites for hydroxylation is 2. The standard InChI is InChI=1S/C25H32N8O4S/c1-3-19-26-17-7-4-5-8-18(17)33(19)24-28-21-20(22(29-24)32-11-13-37-14-12-32)27-23(30(21)2)25(34)9-6-10-31(15-25)16-38(35)36/h4-5,7-8,34,38H,3,6,9-16H2,1-2H3. The van der Waals surface area contributed by atoms with Gasteiger partial charge in [-0.05, 0) is 31.5 Å². The van der Waals surface area contributed by atoms with Gasteiger partial charge in [-0.25, -0.2) is 18.4 Å². The Morgan fingerprint density at radius 3 is 2.63 bits per heavy atom. The number of benzene rings is 1. The summed E-state index contributed by atoms with van der Waals surface area (Å²) < 4.78 is 32.2. The van der Waals surface area contributed by atoms with Gasteiger partial charge in [-0.3, -0.25) is 9.47 Å². The van der Waals surface area contributed by atoms with Gasteiger partial charge in [0.1, 0.15) is 17.2 Å². The van der Waals surface area contributed by atoms with Crippen LogP contribution in [0.25, 0.3) is 28.1 Å². The Morgan fingerprint density at radius 1 is 1.08 bits per heavy atom. The maximum absolute atomic E-state index is 11.8. The highest BCUT2D eigenvalue weighted by Gasteiger charge is 2.40. The fraction of sp³-hybridized carbons (Fsp3) is 0.520. The minimum Gasteiger partial charge on any atom is -0.381 e. The zero-order valence-corrected chi connectivity index (χ0v) is 22.5. The molecule has 6 rings (SSSR count). The van der Waals surface area contributed by atoms with Crippen molar-refractivity contribution in [1.82, 2.24) is 34.0 Å². The number of likely N-dealkylation sites (tertiary alicyclic amines) is 1. The summed E-state index contributed by atoms with van der Waals surface area (Å²) in [6.07, 6.45) is 1.85. The van der Waals surface area contributed by atoms with Crippen molar-refractivity contribution in [2.75, 3.05) is 50.2 Å². The summed E-state index contributed by atoms with van der Waals surface area (Å²) in [7, 11) is -0.732. The van der Waals surface area contributed by atoms with Crippen LogP contribution in [-0.4, -0.2) is 92.8 Å². The Labute approximate surface area is 221 Å². The number of β-amino-alcohol motifs (C(OH)–C–C–N with tert-alkyl or cyclic N) is 1. The van der Waals surface area contributed by atoms with Crippen molar-refractivity contribution in [3.8, 4) is 5.95 Å². The number of aromatic nitrogens is 6. The van der Waals surface area contributed by atoms with Gasteiger partial charge in [0.2, 0.25) is 5.95 Å². The number of thiol groups is 1. The van der Waals surface area contributed by atoms with E-state index < -0.39 is 16.3 Å². The monoisotopic (exact) mass is 540 g/mol. The number of piperidine rings is 1. The normalized spacial score (nSPS) is 21.2. The molecule has 1 aromatic carbocycles. The van der Waals surface area contributed by atoms with E-state index in [1.807, 2.05) is 40.4 Å². The third-order valence-corrected chi connectivity index (χ3v) is 8.06. The number of para-hydroxylation sites is 2. The van der Waals surface area contributed by atoms with Crippen LogP contribution >= 0.6 is 0 Å². The summed E-state index contributed by atoms with van der Waals surface area (Å²) >= 11 is 0. The number of imidazole rings is 2. The van der Waals surface area contributed by atoms with Crippen LogP contribution in [-0.2, 0) is 34.5 Å². The first-order valence-electron chi connectivity index (χ1n) is 13.0. The van der Waals surface area contributed by atoms with E-state index in [9.17, 15) is 13.5 Å². The van der Waals surface area contributed by atoms with E-state index in [2.05, 4.69) is 11.8 Å². The largest absolute Gasteiger partial charge is 0.381 e. The summed E-state index contributed by atoms with van der Waals surface area (Å²) in [6.45, 7) is 5.36. The van der Waals surface area contributed by atoms with Crippen LogP contribution in [0.15, 0.2) is 24.3 Å². The van der Waals surface area contributed by atoms with Crippen molar-refractivity contribution in [1.29, 1.82) is 0 Å². The minimum atomic E-state index is -2.58. The second-order valence-corrected chi connectivity index (χ2v) is 10.9. The Bertz CT molecular complexity index is 1570. The first-order chi connectivity index (χ1) is 18.4. The van der Waals surface area contributed by atoms with Gasteiger partial charge in [-0.15, -0.1) is 0 Å². The molecule has 2 aliphatic heterocycles. The third kappa shape index (κ3) is 4.32. The molecule has 1 unspecified atom stereocenters. The van der Waals surface area contributed by atoms with Gasteiger partial charge in [0.05, 0.1) is 30.1 Å². The fourth-order valence-electron chi connectivity index (χ4n) is 5.67. The van der Waals surface area contributed by atoms with E-state index in [4.69, 9.17) is 24.7 Å². The number of morpholine rings is 1. The van der Waals surface area contributed by atoms with Crippen LogP contribution in [0.4, 0.5) is 5.82 Å². The number of ether oxygens (including phenoxy) is 1. The second kappa shape index (κ2) is 9.88. The molecule has 38 heavy (non-hydrogen) atoms. The number of rotatable bonds is 6. The molecular weight excluding hydrogens is 508 g/mol. The number of aliphatic hydroxyl groups is 1. The van der Waals surface area contributed by atoms with Gasteiger partial charge in [-0.1, -0.05) is 19.1 Å². The van der Waals surface area contributed by atoms with Crippen LogP contribution in [0, 0.1) is 0 Å². The van der Waals surface area contributed by atoms with Gasteiger partial charge in [0, 0.05) is 33.1 Å². The molecule has 3 aromatic heterocycles. The zero-order chi connectivity index (χ0) is 26.4. The second-order valence-electron chi connectivity index (χ2n) is 9.98. The van der Waals surface area contributed by atoms with Crippen molar-refractivity contribution < 1.29 is 18.3 Å². The third-order valence-electron chi connectivity index (χ3n) is 7.43. The van der Waals surface area contributed by atoms with Crippen molar-refractivity contribution in [3.63, 3.8) is 0 Å². The van der Waals surface area contributed by atoms with Crippen LogP contribution in [0.1, 0.15) is 31.4 Å². The smallest absolute Gasteiger partial charge is 0.239 e. The van der Waals surface area contributed by atoms with Crippen LogP contribution < -0.4 is 4.90 Å². The number of hydrogen-bond donors (Lipinski definition) is 2. The molecule has 2 aliphatic rings. The molecule has 0 amide bonds. The maximum atomic E-state index is 11.8. The van der Waals surface area contributed by atoms with Crippen LogP contribution in [0.3, 0.4) is 0 Å². The van der Waals surface area contributed by atoms with Crippen molar-refractivity contribution in [3.05, 3.63) is 35.9 Å². The number of anilines is 1. The molecule has 1 atom stereocenters. The van der Waals surface area contributed by atoms with Crippen LogP contribution in [0.2, 0.25) is 0 Å². The van der Waals surface area contributed by atoms with Crippen molar-refractivity contribution in [2.45, 2.75) is 31.8 Å². The SMILES string of the molecule is CCc1nc2ccccc2n1-c1nc(N2CCOCC2)c2nc(C3(O)CCCN(C[SH](=O)=O)C3)n(C)c2n1. The lowest BCUT2D eigenvalue weighted by Crippen LogP contribution is -2.47. The van der Waals surface area contributed by atoms with Gasteiger partial charge in [-0.2, -0.15) is 9.97 Å². The average molecular weight is 541 g/mol. The quantitative estimate of drug-likeness (QED) is 0.341. The summed E-state index contributed by atoms with van der Waals surface area (Å²) in [5, 5.41) is 11.8. The van der Waals surface area contributed by atoms with E-state index in [1.165, 1.54) is 0 Å². The number of nitrogens with zero attached hydrogens (tertiary/aromatic N) is 8. The maximum Gasteiger partial charge on any atom is 0.239 e. The van der Waals surface area contributed by atoms with E-state index in [1.54, 1.807) is 4.90 Å². The molecule has 0 spiro atoms. The van der Waals surface area contributed by atoms with E-state index in [0.717, 1.165) is 16.9 Å². The van der Waals surface area contributed by atoms with Gasteiger partial charge in [0.25, 0.3) is 0 Å². The first kappa shape index (κ1) is 25.2. The molecule has 0 bridgehead atoms. The van der Waals surface area contributed by atoms with E-state index in [0.29, 0.717) is 80.9 Å². The molecule has 13 heteroatoms. The van der Waals surface area contributed by atoms with Gasteiger partial charge in [0.15, 0.2) is 27.7 Å². The zero-order valence-electron chi connectivity index (χ0n) is 21.6. The lowest BCUT2D eigenvalue weighted by Gasteiger charge is -2.37. The van der Waals surface area contributed by atoms with Gasteiger partial charge >= 0.3 is 0 Å². The molecule has 1 N–H and O–H groups in total. The number of hydrogen-bond acceptors (Lipinski definition) is 10. The highest BCUT2D eigenvalue weighted by Crippen LogP contribution is 2.35. The predicted molar refractivity (Wildman–Crippen MR) is 143 cm³/mol.